The van der Waals surface area contributed by atoms with E-state index in [1.165, 1.54) is 18.3 Å². The SMILES string of the molecule is Cc1ccc(-c2ccccc2)n1-c1ccc(C(=O)N/N=C/c2cccn2-c2ccc([N+](=O)[O-])cc2)cc1. The number of benzene rings is 3. The standard InChI is InChI=1S/C29H23N5O3/c1-21-9-18-28(22-6-3-2-4-7-22)33(21)25-12-10-23(11-13-25)29(35)31-30-20-27-8-5-19-32(27)24-14-16-26(17-15-24)34(36)37/h2-20H,1H3,(H,31,35)/b30-20+. The van der Waals surface area contributed by atoms with Gasteiger partial charge >= 0.3 is 0 Å². The Morgan fingerprint density at radius 2 is 1.57 bits per heavy atom. The summed E-state index contributed by atoms with van der Waals surface area (Å²) in [6, 6.07) is 31.6. The summed E-state index contributed by atoms with van der Waals surface area (Å²) < 4.78 is 3.97. The Bertz CT molecular complexity index is 1580. The van der Waals surface area contributed by atoms with Crippen molar-refractivity contribution < 1.29 is 9.72 Å². The van der Waals surface area contributed by atoms with Crippen LogP contribution in [0, 0.1) is 17.0 Å². The molecule has 0 aliphatic rings. The number of nitro groups is 1. The van der Waals surface area contributed by atoms with E-state index in [0.717, 1.165) is 28.3 Å². The maximum Gasteiger partial charge on any atom is 0.271 e. The van der Waals surface area contributed by atoms with Gasteiger partial charge in [0.15, 0.2) is 0 Å². The molecule has 0 atom stereocenters. The van der Waals surface area contributed by atoms with Gasteiger partial charge in [0.05, 0.1) is 22.5 Å². The lowest BCUT2D eigenvalue weighted by Crippen LogP contribution is -2.18. The highest BCUT2D eigenvalue weighted by molar-refractivity contribution is 5.95. The Balaban J connectivity index is 1.29. The van der Waals surface area contributed by atoms with E-state index in [0.29, 0.717) is 11.3 Å². The summed E-state index contributed by atoms with van der Waals surface area (Å²) in [4.78, 5) is 23.1. The molecule has 1 N–H and O–H groups in total. The van der Waals surface area contributed by atoms with Gasteiger partial charge in [0.2, 0.25) is 0 Å². The lowest BCUT2D eigenvalue weighted by molar-refractivity contribution is -0.384. The van der Waals surface area contributed by atoms with Crippen LogP contribution in [0.3, 0.4) is 0 Å². The van der Waals surface area contributed by atoms with Gasteiger partial charge in [-0.2, -0.15) is 5.10 Å². The number of nitrogens with zero attached hydrogens (tertiary/aromatic N) is 4. The summed E-state index contributed by atoms with van der Waals surface area (Å²) >= 11 is 0. The van der Waals surface area contributed by atoms with E-state index in [1.807, 2.05) is 60.2 Å². The molecule has 0 fully saturated rings. The number of carbonyl (C=O) groups excluding carboxylic acids is 1. The number of carbonyl (C=O) groups is 1. The van der Waals surface area contributed by atoms with Crippen molar-refractivity contribution in [3.8, 4) is 22.6 Å². The van der Waals surface area contributed by atoms with Crippen LogP contribution in [0.15, 0.2) is 114 Å². The maximum absolute atomic E-state index is 12.7. The number of nitrogens with one attached hydrogen (secondary N) is 1. The molecule has 0 aliphatic carbocycles. The molecule has 0 aliphatic heterocycles. The van der Waals surface area contributed by atoms with Crippen molar-refractivity contribution >= 4 is 17.8 Å². The quantitative estimate of drug-likeness (QED) is 0.175. The van der Waals surface area contributed by atoms with E-state index in [1.54, 1.807) is 24.3 Å². The lowest BCUT2D eigenvalue weighted by Gasteiger charge is -2.12. The zero-order chi connectivity index (χ0) is 25.8. The predicted octanol–water partition coefficient (Wildman–Crippen LogP) is 5.92. The smallest absolute Gasteiger partial charge is 0.271 e. The molecule has 0 saturated heterocycles. The predicted molar refractivity (Wildman–Crippen MR) is 143 cm³/mol. The third kappa shape index (κ3) is 4.94. The molecule has 0 bridgehead atoms. The molecule has 8 heteroatoms. The molecule has 1 amide bonds. The molecule has 2 aromatic heterocycles. The Morgan fingerprint density at radius 1 is 0.865 bits per heavy atom. The number of amides is 1. The number of aromatic nitrogens is 2. The van der Waals surface area contributed by atoms with Crippen LogP contribution in [0.5, 0.6) is 0 Å². The minimum atomic E-state index is -0.439. The number of hydrazone groups is 1. The first-order valence-corrected chi connectivity index (χ1v) is 11.6. The molecule has 0 spiro atoms. The second kappa shape index (κ2) is 10.2. The third-order valence-electron chi connectivity index (χ3n) is 6.02. The van der Waals surface area contributed by atoms with Gasteiger partial charge in [-0.25, -0.2) is 5.43 Å². The van der Waals surface area contributed by atoms with Crippen LogP contribution in [-0.4, -0.2) is 26.2 Å². The molecule has 0 unspecified atom stereocenters. The van der Waals surface area contributed by atoms with E-state index >= 15 is 0 Å². The second-order valence-electron chi connectivity index (χ2n) is 8.38. The zero-order valence-corrected chi connectivity index (χ0v) is 20.0. The molecule has 5 rings (SSSR count). The summed E-state index contributed by atoms with van der Waals surface area (Å²) in [7, 11) is 0. The summed E-state index contributed by atoms with van der Waals surface area (Å²) in [6.07, 6.45) is 3.35. The van der Waals surface area contributed by atoms with Crippen molar-refractivity contribution in [2.75, 3.05) is 0 Å². The molecule has 182 valence electrons. The normalized spacial score (nSPS) is 11.1. The van der Waals surface area contributed by atoms with Gasteiger partial charge in [-0.05, 0) is 73.2 Å². The molecule has 0 radical (unpaired) electrons. The Labute approximate surface area is 213 Å². The van der Waals surface area contributed by atoms with E-state index < -0.39 is 4.92 Å². The van der Waals surface area contributed by atoms with Crippen LogP contribution in [-0.2, 0) is 0 Å². The zero-order valence-electron chi connectivity index (χ0n) is 20.0. The molecular weight excluding hydrogens is 466 g/mol. The Kier molecular flexibility index (Phi) is 6.46. The summed E-state index contributed by atoms with van der Waals surface area (Å²) in [5.74, 6) is -0.330. The lowest BCUT2D eigenvalue weighted by atomic mass is 10.1. The van der Waals surface area contributed by atoms with E-state index in [9.17, 15) is 14.9 Å². The third-order valence-corrected chi connectivity index (χ3v) is 6.02. The van der Waals surface area contributed by atoms with Crippen LogP contribution < -0.4 is 5.43 Å². The van der Waals surface area contributed by atoms with Crippen LogP contribution in [0.2, 0.25) is 0 Å². The highest BCUT2D eigenvalue weighted by Gasteiger charge is 2.11. The van der Waals surface area contributed by atoms with Crippen molar-refractivity contribution in [1.29, 1.82) is 0 Å². The molecule has 37 heavy (non-hydrogen) atoms. The largest absolute Gasteiger partial charge is 0.316 e. The molecule has 5 aromatic rings. The highest BCUT2D eigenvalue weighted by Crippen LogP contribution is 2.26. The molecule has 0 saturated carbocycles. The van der Waals surface area contributed by atoms with Crippen molar-refractivity contribution in [2.24, 2.45) is 5.10 Å². The molecule has 3 aromatic carbocycles. The first-order valence-electron chi connectivity index (χ1n) is 11.6. The van der Waals surface area contributed by atoms with E-state index in [-0.39, 0.29) is 11.6 Å². The number of non-ortho nitro benzene ring substituents is 1. The van der Waals surface area contributed by atoms with Crippen LogP contribution in [0.1, 0.15) is 21.7 Å². The fourth-order valence-electron chi connectivity index (χ4n) is 4.17. The first-order chi connectivity index (χ1) is 18.0. The Morgan fingerprint density at radius 3 is 2.27 bits per heavy atom. The fourth-order valence-corrected chi connectivity index (χ4v) is 4.17. The fraction of sp³-hybridized carbons (Fsp3) is 0.0345. The number of hydrogen-bond acceptors (Lipinski definition) is 4. The van der Waals surface area contributed by atoms with Gasteiger partial charge in [-0.15, -0.1) is 0 Å². The average Bonchev–Trinajstić information content (AvgIpc) is 3.56. The second-order valence-corrected chi connectivity index (χ2v) is 8.38. The molecule has 2 heterocycles. The van der Waals surface area contributed by atoms with E-state index in [4.69, 9.17) is 0 Å². The minimum Gasteiger partial charge on any atom is -0.316 e. The van der Waals surface area contributed by atoms with Crippen LogP contribution in [0.25, 0.3) is 22.6 Å². The van der Waals surface area contributed by atoms with Crippen molar-refractivity contribution in [2.45, 2.75) is 6.92 Å². The van der Waals surface area contributed by atoms with Crippen LogP contribution in [0.4, 0.5) is 5.69 Å². The van der Waals surface area contributed by atoms with Gasteiger partial charge in [-0.3, -0.25) is 14.9 Å². The minimum absolute atomic E-state index is 0.0210. The molecular formula is C29H23N5O3. The van der Waals surface area contributed by atoms with Crippen molar-refractivity contribution in [1.82, 2.24) is 14.6 Å². The van der Waals surface area contributed by atoms with Gasteiger partial charge in [0.1, 0.15) is 0 Å². The summed E-state index contributed by atoms with van der Waals surface area (Å²) in [6.45, 7) is 2.05. The number of aryl methyl sites for hydroxylation is 1. The van der Waals surface area contributed by atoms with Crippen LogP contribution >= 0.6 is 0 Å². The van der Waals surface area contributed by atoms with E-state index in [2.05, 4.69) is 39.4 Å². The average molecular weight is 490 g/mol. The number of nitro benzene ring substituents is 1. The number of rotatable bonds is 7. The van der Waals surface area contributed by atoms with Gasteiger partial charge in [0, 0.05) is 41.0 Å². The monoisotopic (exact) mass is 489 g/mol. The van der Waals surface area contributed by atoms with Gasteiger partial charge < -0.3 is 9.13 Å². The first kappa shape index (κ1) is 23.5. The highest BCUT2D eigenvalue weighted by atomic mass is 16.6. The number of hydrogen-bond donors (Lipinski definition) is 1. The van der Waals surface area contributed by atoms with Crippen molar-refractivity contribution in [3.05, 3.63) is 136 Å². The van der Waals surface area contributed by atoms with Crippen molar-refractivity contribution in [3.63, 3.8) is 0 Å². The molecule has 8 nitrogen and oxygen atoms in total. The summed E-state index contributed by atoms with van der Waals surface area (Å²) in [5, 5.41) is 15.0. The van der Waals surface area contributed by atoms with Gasteiger partial charge in [-0.1, -0.05) is 30.3 Å². The Hall–Kier alpha value is -5.24. The van der Waals surface area contributed by atoms with Gasteiger partial charge in [0.25, 0.3) is 11.6 Å². The summed E-state index contributed by atoms with van der Waals surface area (Å²) in [5.41, 5.74) is 8.77. The topological polar surface area (TPSA) is 94.5 Å². The maximum atomic E-state index is 12.7.